The molecule has 114 valence electrons. The molecule has 2 nitrogen and oxygen atoms in total. The molecule has 3 N–H and O–H groups in total. The standard InChI is InChI=1S/C14H14ClF3N2S/c1-8-7-21-13(12(8)15)11(20-19)6-9-2-4-10(5-3-9)14(16,17)18/h2-5,7,11,20H,6,19H2,1H3. The summed E-state index contributed by atoms with van der Waals surface area (Å²) in [4.78, 5) is 0.886. The van der Waals surface area contributed by atoms with E-state index in [9.17, 15) is 13.2 Å². The van der Waals surface area contributed by atoms with Gasteiger partial charge in [-0.2, -0.15) is 13.2 Å². The maximum atomic E-state index is 12.5. The molecule has 1 aromatic heterocycles. The highest BCUT2D eigenvalue weighted by Crippen LogP contribution is 2.34. The number of nitrogens with one attached hydrogen (secondary N) is 1. The number of benzene rings is 1. The molecule has 21 heavy (non-hydrogen) atoms. The highest BCUT2D eigenvalue weighted by molar-refractivity contribution is 7.10. The molecule has 0 aliphatic rings. The second kappa shape index (κ2) is 6.36. The topological polar surface area (TPSA) is 38.0 Å². The Balaban J connectivity index is 2.18. The van der Waals surface area contributed by atoms with Crippen molar-refractivity contribution >= 4 is 22.9 Å². The average Bonchev–Trinajstić information content (AvgIpc) is 2.76. The highest BCUT2D eigenvalue weighted by atomic mass is 35.5. The number of hydrogen-bond acceptors (Lipinski definition) is 3. The molecule has 1 aromatic carbocycles. The van der Waals surface area contributed by atoms with Crippen LogP contribution in [0, 0.1) is 6.92 Å². The molecule has 2 aromatic rings. The third-order valence-electron chi connectivity index (χ3n) is 3.16. The number of nitrogens with two attached hydrogens (primary N) is 1. The van der Waals surface area contributed by atoms with Crippen LogP contribution in [0.4, 0.5) is 13.2 Å². The quantitative estimate of drug-likeness (QED) is 0.639. The van der Waals surface area contributed by atoms with Crippen LogP contribution >= 0.6 is 22.9 Å². The van der Waals surface area contributed by atoms with Crippen molar-refractivity contribution in [2.45, 2.75) is 25.6 Å². The van der Waals surface area contributed by atoms with Gasteiger partial charge in [0.25, 0.3) is 0 Å². The summed E-state index contributed by atoms with van der Waals surface area (Å²) in [6.45, 7) is 1.90. The van der Waals surface area contributed by atoms with Crippen LogP contribution in [0.2, 0.25) is 5.02 Å². The molecule has 1 unspecified atom stereocenters. The first-order valence-corrected chi connectivity index (χ1v) is 7.44. The smallest absolute Gasteiger partial charge is 0.271 e. The Labute approximate surface area is 129 Å². The molecule has 0 amide bonds. The van der Waals surface area contributed by atoms with Crippen molar-refractivity contribution in [3.05, 3.63) is 56.2 Å². The largest absolute Gasteiger partial charge is 0.416 e. The van der Waals surface area contributed by atoms with E-state index in [4.69, 9.17) is 17.4 Å². The van der Waals surface area contributed by atoms with Crippen LogP contribution in [-0.4, -0.2) is 0 Å². The van der Waals surface area contributed by atoms with Crippen molar-refractivity contribution in [3.8, 4) is 0 Å². The predicted molar refractivity (Wildman–Crippen MR) is 79.3 cm³/mol. The number of aryl methyl sites for hydroxylation is 1. The third-order valence-corrected chi connectivity index (χ3v) is 4.99. The van der Waals surface area contributed by atoms with Gasteiger partial charge in [-0.25, -0.2) is 0 Å². The second-order valence-electron chi connectivity index (χ2n) is 4.72. The van der Waals surface area contributed by atoms with Gasteiger partial charge in [0.05, 0.1) is 16.6 Å². The maximum absolute atomic E-state index is 12.5. The molecule has 0 saturated heterocycles. The van der Waals surface area contributed by atoms with Crippen LogP contribution in [0.25, 0.3) is 0 Å². The summed E-state index contributed by atoms with van der Waals surface area (Å²) in [5.41, 5.74) is 3.73. The van der Waals surface area contributed by atoms with Gasteiger partial charge in [-0.15, -0.1) is 11.3 Å². The van der Waals surface area contributed by atoms with Crippen LogP contribution < -0.4 is 11.3 Å². The number of hydrazine groups is 1. The van der Waals surface area contributed by atoms with E-state index in [1.807, 2.05) is 12.3 Å². The van der Waals surface area contributed by atoms with E-state index in [0.717, 1.165) is 28.1 Å². The third kappa shape index (κ3) is 3.77. The molecule has 0 bridgehead atoms. The van der Waals surface area contributed by atoms with Crippen molar-refractivity contribution in [1.82, 2.24) is 5.43 Å². The lowest BCUT2D eigenvalue weighted by Crippen LogP contribution is -2.29. The zero-order valence-corrected chi connectivity index (χ0v) is 12.7. The molecule has 0 aliphatic heterocycles. The summed E-state index contributed by atoms with van der Waals surface area (Å²) in [5, 5.41) is 2.57. The Kier molecular flexibility index (Phi) is 4.93. The Morgan fingerprint density at radius 2 is 1.90 bits per heavy atom. The van der Waals surface area contributed by atoms with Crippen LogP contribution in [0.1, 0.15) is 27.6 Å². The van der Waals surface area contributed by atoms with Gasteiger partial charge >= 0.3 is 6.18 Å². The van der Waals surface area contributed by atoms with Gasteiger partial charge in [0.2, 0.25) is 0 Å². The molecular weight excluding hydrogens is 321 g/mol. The lowest BCUT2D eigenvalue weighted by Gasteiger charge is -2.16. The zero-order valence-electron chi connectivity index (χ0n) is 11.2. The van der Waals surface area contributed by atoms with Gasteiger partial charge in [0, 0.05) is 4.88 Å². The molecule has 2 rings (SSSR count). The Morgan fingerprint density at radius 1 is 1.29 bits per heavy atom. The van der Waals surface area contributed by atoms with Gasteiger partial charge < -0.3 is 0 Å². The van der Waals surface area contributed by atoms with E-state index >= 15 is 0 Å². The predicted octanol–water partition coefficient (Wildman–Crippen LogP) is 4.48. The first kappa shape index (κ1) is 16.3. The van der Waals surface area contributed by atoms with Gasteiger partial charge in [-0.1, -0.05) is 23.7 Å². The number of halogens is 4. The first-order valence-electron chi connectivity index (χ1n) is 6.18. The van der Waals surface area contributed by atoms with Gasteiger partial charge in [0.15, 0.2) is 0 Å². The summed E-state index contributed by atoms with van der Waals surface area (Å²) in [5.74, 6) is 5.55. The highest BCUT2D eigenvalue weighted by Gasteiger charge is 2.30. The van der Waals surface area contributed by atoms with E-state index < -0.39 is 11.7 Å². The number of hydrogen-bond donors (Lipinski definition) is 2. The van der Waals surface area contributed by atoms with E-state index in [2.05, 4.69) is 5.43 Å². The summed E-state index contributed by atoms with van der Waals surface area (Å²) in [7, 11) is 0. The SMILES string of the molecule is Cc1csc(C(Cc2ccc(C(F)(F)F)cc2)NN)c1Cl. The first-order chi connectivity index (χ1) is 9.82. The Hall–Kier alpha value is -1.08. The van der Waals surface area contributed by atoms with Crippen molar-refractivity contribution in [2.24, 2.45) is 5.84 Å². The maximum Gasteiger partial charge on any atom is 0.416 e. The van der Waals surface area contributed by atoms with Crippen LogP contribution in [0.3, 0.4) is 0 Å². The zero-order chi connectivity index (χ0) is 15.6. The van der Waals surface area contributed by atoms with E-state index in [-0.39, 0.29) is 6.04 Å². The van der Waals surface area contributed by atoms with Crippen molar-refractivity contribution < 1.29 is 13.2 Å². The number of alkyl halides is 3. The summed E-state index contributed by atoms with van der Waals surface area (Å²) in [6, 6.07) is 4.84. The Bertz CT molecular complexity index is 608. The molecule has 0 saturated carbocycles. The normalized spacial score (nSPS) is 13.4. The van der Waals surface area contributed by atoms with Crippen molar-refractivity contribution in [3.63, 3.8) is 0 Å². The van der Waals surface area contributed by atoms with Crippen molar-refractivity contribution in [2.75, 3.05) is 0 Å². The lowest BCUT2D eigenvalue weighted by atomic mass is 10.0. The monoisotopic (exact) mass is 334 g/mol. The van der Waals surface area contributed by atoms with Gasteiger partial charge in [0.1, 0.15) is 0 Å². The summed E-state index contributed by atoms with van der Waals surface area (Å²) < 4.78 is 37.6. The molecule has 1 heterocycles. The van der Waals surface area contributed by atoms with Gasteiger partial charge in [-0.3, -0.25) is 11.3 Å². The van der Waals surface area contributed by atoms with Crippen LogP contribution in [0.15, 0.2) is 29.6 Å². The van der Waals surface area contributed by atoms with E-state index in [1.54, 1.807) is 0 Å². The molecule has 0 aliphatic carbocycles. The molecule has 1 atom stereocenters. The van der Waals surface area contributed by atoms with E-state index in [1.165, 1.54) is 23.5 Å². The lowest BCUT2D eigenvalue weighted by molar-refractivity contribution is -0.137. The molecular formula is C14H14ClF3N2S. The second-order valence-corrected chi connectivity index (χ2v) is 6.00. The minimum absolute atomic E-state index is 0.229. The molecule has 0 fully saturated rings. The van der Waals surface area contributed by atoms with Crippen LogP contribution in [0.5, 0.6) is 0 Å². The summed E-state index contributed by atoms with van der Waals surface area (Å²) in [6.07, 6.45) is -3.85. The fourth-order valence-corrected chi connectivity index (χ4v) is 3.36. The number of thiophene rings is 1. The average molecular weight is 335 g/mol. The fraction of sp³-hybridized carbons (Fsp3) is 0.286. The molecule has 0 spiro atoms. The summed E-state index contributed by atoms with van der Waals surface area (Å²) >= 11 is 7.68. The minimum atomic E-state index is -4.32. The van der Waals surface area contributed by atoms with Gasteiger partial charge in [-0.05, 0) is 42.0 Å². The number of rotatable bonds is 4. The molecule has 7 heteroatoms. The Morgan fingerprint density at radius 3 is 2.33 bits per heavy atom. The minimum Gasteiger partial charge on any atom is -0.271 e. The van der Waals surface area contributed by atoms with Crippen molar-refractivity contribution in [1.29, 1.82) is 0 Å². The molecule has 0 radical (unpaired) electrons. The van der Waals surface area contributed by atoms with Crippen LogP contribution in [-0.2, 0) is 12.6 Å². The fourth-order valence-electron chi connectivity index (χ4n) is 1.98. The van der Waals surface area contributed by atoms with E-state index in [0.29, 0.717) is 11.4 Å².